The van der Waals surface area contributed by atoms with Crippen LogP contribution in [0, 0.1) is 0 Å². The largest absolute Gasteiger partial charge is 0.450 e. The molecule has 0 aliphatic carbocycles. The van der Waals surface area contributed by atoms with Crippen LogP contribution in [0.25, 0.3) is 6.08 Å². The molecule has 0 saturated carbocycles. The van der Waals surface area contributed by atoms with Gasteiger partial charge in [0.1, 0.15) is 5.76 Å². The molecule has 8 heteroatoms. The summed E-state index contributed by atoms with van der Waals surface area (Å²) in [6, 6.07) is 8.49. The predicted octanol–water partition coefficient (Wildman–Crippen LogP) is 5.24. The summed E-state index contributed by atoms with van der Waals surface area (Å²) in [4.78, 5) is 16.8. The Kier molecular flexibility index (Phi) is 4.63. The van der Waals surface area contributed by atoms with Gasteiger partial charge >= 0.3 is 0 Å². The maximum Gasteiger partial charge on any atom is 0.264 e. The minimum atomic E-state index is -0.235. The molecule has 22 heavy (non-hydrogen) atoms. The molecule has 0 bridgehead atoms. The summed E-state index contributed by atoms with van der Waals surface area (Å²) in [6.07, 6.45) is 1.65. The number of hydrogen-bond acceptors (Lipinski definition) is 4. The first-order chi connectivity index (χ1) is 10.5. The summed E-state index contributed by atoms with van der Waals surface area (Å²) in [5.74, 6) is 0.344. The maximum atomic E-state index is 11.9. The highest BCUT2D eigenvalue weighted by molar-refractivity contribution is 9.10. The average molecular weight is 418 g/mol. The summed E-state index contributed by atoms with van der Waals surface area (Å²) in [5.41, 5.74) is 0.538. The Labute approximate surface area is 148 Å². The van der Waals surface area contributed by atoms with Crippen molar-refractivity contribution in [2.24, 2.45) is 4.99 Å². The minimum absolute atomic E-state index is 0.235. The van der Waals surface area contributed by atoms with Crippen LogP contribution < -0.4 is 5.32 Å². The van der Waals surface area contributed by atoms with Crippen molar-refractivity contribution in [1.29, 1.82) is 0 Å². The molecule has 0 spiro atoms. The van der Waals surface area contributed by atoms with E-state index in [4.69, 9.17) is 27.6 Å². The molecule has 0 unspecified atom stereocenters. The zero-order valence-electron chi connectivity index (χ0n) is 10.8. The Hall–Kier alpha value is -1.21. The zero-order chi connectivity index (χ0) is 15.7. The smallest absolute Gasteiger partial charge is 0.264 e. The topological polar surface area (TPSA) is 54.6 Å². The molecule has 1 fully saturated rings. The number of nitrogens with zero attached hydrogens (tertiary/aromatic N) is 1. The first kappa shape index (κ1) is 15.7. The van der Waals surface area contributed by atoms with E-state index in [2.05, 4.69) is 26.2 Å². The standard InChI is InChI=1S/C14H7BrCl2N2O2S/c15-12-4-2-8(21-12)6-11-13(20)19-14(22-11)18-10-3-1-7(16)5-9(10)17/h1-6H,(H,18,19,20)/b11-6+. The van der Waals surface area contributed by atoms with E-state index in [1.165, 1.54) is 11.8 Å². The van der Waals surface area contributed by atoms with Crippen LogP contribution >= 0.6 is 50.9 Å². The number of furan rings is 1. The summed E-state index contributed by atoms with van der Waals surface area (Å²) in [5, 5.41) is 4.08. The number of nitrogens with one attached hydrogen (secondary N) is 1. The lowest BCUT2D eigenvalue weighted by Gasteiger charge is -1.99. The van der Waals surface area contributed by atoms with Gasteiger partial charge in [0.05, 0.1) is 15.6 Å². The molecular formula is C14H7BrCl2N2O2S. The van der Waals surface area contributed by atoms with Gasteiger partial charge in [0.15, 0.2) is 9.84 Å². The fourth-order valence-corrected chi connectivity index (χ4v) is 3.28. The van der Waals surface area contributed by atoms with Crippen LogP contribution in [0.1, 0.15) is 5.76 Å². The highest BCUT2D eigenvalue weighted by Gasteiger charge is 2.24. The fourth-order valence-electron chi connectivity index (χ4n) is 1.70. The molecule has 112 valence electrons. The second-order valence-corrected chi connectivity index (χ2v) is 6.88. The van der Waals surface area contributed by atoms with Crippen LogP contribution in [0.5, 0.6) is 0 Å². The van der Waals surface area contributed by atoms with Crippen molar-refractivity contribution < 1.29 is 9.21 Å². The van der Waals surface area contributed by atoms with Gasteiger partial charge < -0.3 is 9.73 Å². The SMILES string of the molecule is O=C1NC(=Nc2ccc(Cl)cc2Cl)S/C1=C/c1ccc(Br)o1. The summed E-state index contributed by atoms with van der Waals surface area (Å²) in [7, 11) is 0. The van der Waals surface area contributed by atoms with E-state index in [1.54, 1.807) is 36.4 Å². The van der Waals surface area contributed by atoms with Gasteiger partial charge in [-0.25, -0.2) is 4.99 Å². The highest BCUT2D eigenvalue weighted by atomic mass is 79.9. The van der Waals surface area contributed by atoms with E-state index < -0.39 is 0 Å². The number of hydrogen-bond donors (Lipinski definition) is 1. The van der Waals surface area contributed by atoms with Gasteiger partial charge in [-0.2, -0.15) is 0 Å². The summed E-state index contributed by atoms with van der Waals surface area (Å²) < 4.78 is 5.95. The second-order valence-electron chi connectivity index (χ2n) is 4.22. The number of halogens is 3. The molecule has 1 saturated heterocycles. The van der Waals surface area contributed by atoms with E-state index in [1.807, 2.05) is 0 Å². The number of rotatable bonds is 2. The Balaban J connectivity index is 1.85. The monoisotopic (exact) mass is 416 g/mol. The lowest BCUT2D eigenvalue weighted by atomic mass is 10.3. The average Bonchev–Trinajstić information content (AvgIpc) is 3.00. The number of amides is 1. The van der Waals surface area contributed by atoms with Crippen molar-refractivity contribution in [1.82, 2.24) is 5.32 Å². The molecule has 1 amide bonds. The maximum absolute atomic E-state index is 11.9. The number of thioether (sulfide) groups is 1. The lowest BCUT2D eigenvalue weighted by Crippen LogP contribution is -2.19. The molecule has 1 N–H and O–H groups in total. The number of benzene rings is 1. The predicted molar refractivity (Wildman–Crippen MR) is 93.7 cm³/mol. The van der Waals surface area contributed by atoms with Gasteiger partial charge in [0.25, 0.3) is 5.91 Å². The number of carbonyl (C=O) groups is 1. The van der Waals surface area contributed by atoms with Crippen LogP contribution in [-0.2, 0) is 4.79 Å². The van der Waals surface area contributed by atoms with Crippen LogP contribution in [-0.4, -0.2) is 11.1 Å². The molecule has 1 aliphatic heterocycles. The third-order valence-corrected chi connectivity index (χ3v) is 4.52. The number of amidine groups is 1. The second kappa shape index (κ2) is 6.50. The Morgan fingerprint density at radius 3 is 2.77 bits per heavy atom. The summed E-state index contributed by atoms with van der Waals surface area (Å²) >= 11 is 16.3. The van der Waals surface area contributed by atoms with Crippen molar-refractivity contribution in [3.8, 4) is 0 Å². The Morgan fingerprint density at radius 2 is 2.09 bits per heavy atom. The lowest BCUT2D eigenvalue weighted by molar-refractivity contribution is -0.115. The molecule has 0 radical (unpaired) electrons. The van der Waals surface area contributed by atoms with Crippen molar-refractivity contribution in [2.75, 3.05) is 0 Å². The van der Waals surface area contributed by atoms with Crippen LogP contribution in [0.3, 0.4) is 0 Å². The molecule has 2 aromatic rings. The van der Waals surface area contributed by atoms with Crippen molar-refractivity contribution in [3.05, 3.63) is 55.7 Å². The van der Waals surface area contributed by atoms with Crippen LogP contribution in [0.2, 0.25) is 10.0 Å². The highest BCUT2D eigenvalue weighted by Crippen LogP contribution is 2.32. The van der Waals surface area contributed by atoms with Crippen molar-refractivity contribution >= 4 is 73.7 Å². The van der Waals surface area contributed by atoms with E-state index in [-0.39, 0.29) is 5.91 Å². The molecule has 1 aromatic carbocycles. The minimum Gasteiger partial charge on any atom is -0.450 e. The normalized spacial score (nSPS) is 18.2. The first-order valence-electron chi connectivity index (χ1n) is 6.01. The molecular weight excluding hydrogens is 411 g/mol. The van der Waals surface area contributed by atoms with Gasteiger partial charge in [0.2, 0.25) is 0 Å². The Bertz CT molecular complexity index is 817. The number of carbonyl (C=O) groups excluding carboxylic acids is 1. The van der Waals surface area contributed by atoms with Crippen molar-refractivity contribution in [2.45, 2.75) is 0 Å². The third kappa shape index (κ3) is 3.57. The van der Waals surface area contributed by atoms with Gasteiger partial charge in [-0.1, -0.05) is 23.2 Å². The van der Waals surface area contributed by atoms with Gasteiger partial charge in [-0.15, -0.1) is 0 Å². The van der Waals surface area contributed by atoms with Crippen LogP contribution in [0.4, 0.5) is 5.69 Å². The third-order valence-electron chi connectivity index (χ3n) is 2.65. The van der Waals surface area contributed by atoms with Gasteiger partial charge in [-0.3, -0.25) is 4.79 Å². The molecule has 1 aromatic heterocycles. The summed E-state index contributed by atoms with van der Waals surface area (Å²) in [6.45, 7) is 0. The first-order valence-corrected chi connectivity index (χ1v) is 8.38. The van der Waals surface area contributed by atoms with Gasteiger partial charge in [0, 0.05) is 11.1 Å². The quantitative estimate of drug-likeness (QED) is 0.679. The van der Waals surface area contributed by atoms with E-state index in [0.29, 0.717) is 36.2 Å². The molecule has 2 heterocycles. The van der Waals surface area contributed by atoms with E-state index in [0.717, 1.165) is 0 Å². The molecule has 1 aliphatic rings. The molecule has 4 nitrogen and oxygen atoms in total. The number of aliphatic imine (C=N–C) groups is 1. The zero-order valence-corrected chi connectivity index (χ0v) is 14.7. The Morgan fingerprint density at radius 1 is 1.27 bits per heavy atom. The fraction of sp³-hybridized carbons (Fsp3) is 0. The van der Waals surface area contributed by atoms with E-state index >= 15 is 0 Å². The molecule has 3 rings (SSSR count). The molecule has 0 atom stereocenters. The van der Waals surface area contributed by atoms with Gasteiger partial charge in [-0.05, 0) is 58.0 Å². The van der Waals surface area contributed by atoms with Crippen LogP contribution in [0.15, 0.2) is 49.3 Å². The van der Waals surface area contributed by atoms with E-state index in [9.17, 15) is 4.79 Å². The van der Waals surface area contributed by atoms with Crippen molar-refractivity contribution in [3.63, 3.8) is 0 Å².